The smallest absolute Gasteiger partial charge is 0.297 e. The first-order valence-corrected chi connectivity index (χ1v) is 16.8. The van der Waals surface area contributed by atoms with Crippen molar-refractivity contribution in [2.45, 2.75) is 72.1 Å². The Labute approximate surface area is 244 Å². The Morgan fingerprint density at radius 3 is 0.810 bits per heavy atom. The highest BCUT2D eigenvalue weighted by molar-refractivity contribution is 7.87. The van der Waals surface area contributed by atoms with E-state index in [9.17, 15) is 40.6 Å². The molecule has 0 bridgehead atoms. The number of hydrogen-bond donors (Lipinski definition) is 3. The van der Waals surface area contributed by atoms with Crippen molar-refractivity contribution in [1.29, 1.82) is 0 Å². The second-order valence-electron chi connectivity index (χ2n) is 9.96. The summed E-state index contributed by atoms with van der Waals surface area (Å²) in [5.74, 6) is 0. The minimum atomic E-state index is -4.72. The molecule has 1 fully saturated rings. The first-order chi connectivity index (χ1) is 19.5. The topological polar surface area (TPSA) is 191 Å². The first-order valence-electron chi connectivity index (χ1n) is 12.6. The first kappa shape index (κ1) is 32.2. The molecule has 0 unspecified atom stereocenters. The van der Waals surface area contributed by atoms with Crippen LogP contribution in [0.1, 0.15) is 16.7 Å². The van der Waals surface area contributed by atoms with Gasteiger partial charge in [-0.15, -0.1) is 0 Å². The molecule has 1 aliphatic rings. The fraction of sp³-hybridized carbons (Fsp3) is 0.333. The molecule has 0 amide bonds. The number of hydrogen-bond acceptors (Lipinski definition) is 12. The Bertz CT molecular complexity index is 1500. The highest BCUT2D eigenvalue weighted by Gasteiger charge is 2.55. The SMILES string of the molecule is Cc1ccc(S(=O)(=O)OC2C(O)C(OS(=O)(=O)c3ccc(C)cc3)C(O)C(OS(=O)(=O)c3ccc(C)cc3)C2O)cc1. The second kappa shape index (κ2) is 12.1. The van der Waals surface area contributed by atoms with Gasteiger partial charge in [-0.1, -0.05) is 53.1 Å². The lowest BCUT2D eigenvalue weighted by molar-refractivity contribution is -0.201. The minimum absolute atomic E-state index is 0.367. The fourth-order valence-corrected chi connectivity index (χ4v) is 7.53. The molecule has 0 heterocycles. The van der Waals surface area contributed by atoms with Gasteiger partial charge in [0.2, 0.25) is 0 Å². The molecule has 3 aromatic carbocycles. The van der Waals surface area contributed by atoms with E-state index >= 15 is 0 Å². The lowest BCUT2D eigenvalue weighted by Gasteiger charge is -2.43. The molecule has 12 nitrogen and oxygen atoms in total. The molecule has 1 saturated carbocycles. The van der Waals surface area contributed by atoms with Crippen LogP contribution in [0.25, 0.3) is 0 Å². The highest BCUT2D eigenvalue weighted by atomic mass is 32.2. The van der Waals surface area contributed by atoms with Crippen LogP contribution in [0.2, 0.25) is 0 Å². The van der Waals surface area contributed by atoms with Crippen LogP contribution in [0.5, 0.6) is 0 Å². The van der Waals surface area contributed by atoms with E-state index in [2.05, 4.69) is 0 Å². The van der Waals surface area contributed by atoms with E-state index in [0.29, 0.717) is 0 Å². The quantitative estimate of drug-likeness (QED) is 0.284. The molecular formula is C27H30O12S3. The van der Waals surface area contributed by atoms with E-state index in [1.165, 1.54) is 72.8 Å². The molecule has 4 rings (SSSR count). The summed E-state index contributed by atoms with van der Waals surface area (Å²) < 4.78 is 93.7. The van der Waals surface area contributed by atoms with Gasteiger partial charge in [-0.25, -0.2) is 0 Å². The molecule has 15 heteroatoms. The summed E-state index contributed by atoms with van der Waals surface area (Å²) in [6.45, 7) is 5.13. The van der Waals surface area contributed by atoms with Crippen molar-refractivity contribution >= 4 is 30.4 Å². The van der Waals surface area contributed by atoms with Gasteiger partial charge in [0, 0.05) is 0 Å². The number of aliphatic hydroxyl groups is 3. The monoisotopic (exact) mass is 642 g/mol. The summed E-state index contributed by atoms with van der Waals surface area (Å²) in [7, 11) is -14.2. The predicted octanol–water partition coefficient (Wildman–Crippen LogP) is 1.33. The molecule has 1 aliphatic carbocycles. The molecule has 0 radical (unpaired) electrons. The van der Waals surface area contributed by atoms with E-state index in [1.54, 1.807) is 20.8 Å². The summed E-state index contributed by atoms with van der Waals surface area (Å²) in [5, 5.41) is 33.1. The molecule has 0 atom stereocenters. The van der Waals surface area contributed by atoms with E-state index in [-0.39, 0.29) is 14.7 Å². The van der Waals surface area contributed by atoms with Crippen molar-refractivity contribution in [2.75, 3.05) is 0 Å². The fourth-order valence-electron chi connectivity index (χ4n) is 4.23. The van der Waals surface area contributed by atoms with Crippen molar-refractivity contribution in [3.63, 3.8) is 0 Å². The standard InChI is InChI=1S/C27H30O12S3/c1-16-4-10-19(11-5-16)40(31,32)37-25-22(28)26(38-41(33,34)20-12-6-17(2)7-13-20)24(30)27(23(25)29)39-42(35,36)21-14-8-18(3)9-15-21/h4-15,22-30H,1-3H3. The Morgan fingerprint density at radius 2 is 0.619 bits per heavy atom. The normalized spacial score (nSPS) is 25.3. The van der Waals surface area contributed by atoms with Gasteiger partial charge in [-0.05, 0) is 57.2 Å². The van der Waals surface area contributed by atoms with E-state index in [1.807, 2.05) is 0 Å². The molecule has 3 aromatic rings. The number of rotatable bonds is 9. The van der Waals surface area contributed by atoms with Gasteiger partial charge in [0.15, 0.2) is 0 Å². The van der Waals surface area contributed by atoms with Crippen LogP contribution in [0.4, 0.5) is 0 Å². The van der Waals surface area contributed by atoms with Gasteiger partial charge in [-0.3, -0.25) is 12.5 Å². The summed E-state index contributed by atoms with van der Waals surface area (Å²) in [4.78, 5) is -1.10. The van der Waals surface area contributed by atoms with Crippen LogP contribution >= 0.6 is 0 Å². The average molecular weight is 643 g/mol. The van der Waals surface area contributed by atoms with Crippen LogP contribution in [0, 0.1) is 20.8 Å². The molecule has 0 saturated heterocycles. The van der Waals surface area contributed by atoms with Gasteiger partial charge in [-0.2, -0.15) is 25.3 Å². The molecule has 0 spiro atoms. The van der Waals surface area contributed by atoms with Crippen molar-refractivity contribution in [1.82, 2.24) is 0 Å². The number of benzene rings is 3. The highest BCUT2D eigenvalue weighted by Crippen LogP contribution is 2.34. The summed E-state index contributed by atoms with van der Waals surface area (Å²) in [6.07, 6.45) is -13.6. The summed E-state index contributed by atoms with van der Waals surface area (Å²) >= 11 is 0. The molecule has 0 aliphatic heterocycles. The molecule has 228 valence electrons. The molecular weight excluding hydrogens is 612 g/mol. The van der Waals surface area contributed by atoms with Gasteiger partial charge in [0.05, 0.1) is 14.7 Å². The predicted molar refractivity (Wildman–Crippen MR) is 148 cm³/mol. The number of aliphatic hydroxyl groups excluding tert-OH is 3. The van der Waals surface area contributed by atoms with Crippen molar-refractivity contribution in [3.05, 3.63) is 89.5 Å². The maximum absolute atomic E-state index is 13.0. The Morgan fingerprint density at radius 1 is 0.429 bits per heavy atom. The van der Waals surface area contributed by atoms with Gasteiger partial charge in [0.1, 0.15) is 36.6 Å². The summed E-state index contributed by atoms with van der Waals surface area (Å²) in [5.41, 5.74) is 2.16. The Hall–Kier alpha value is -2.73. The van der Waals surface area contributed by atoms with Gasteiger partial charge >= 0.3 is 0 Å². The zero-order chi connectivity index (χ0) is 31.0. The van der Waals surface area contributed by atoms with Crippen molar-refractivity contribution in [3.8, 4) is 0 Å². The van der Waals surface area contributed by atoms with Crippen molar-refractivity contribution < 1.29 is 53.1 Å². The van der Waals surface area contributed by atoms with Crippen molar-refractivity contribution in [2.24, 2.45) is 0 Å². The third kappa shape index (κ3) is 6.90. The Kier molecular flexibility index (Phi) is 9.28. The van der Waals surface area contributed by atoms with Gasteiger partial charge < -0.3 is 15.3 Å². The maximum atomic E-state index is 13.0. The zero-order valence-corrected chi connectivity index (χ0v) is 25.1. The third-order valence-corrected chi connectivity index (χ3v) is 10.6. The second-order valence-corrected chi connectivity index (χ2v) is 14.7. The number of aryl methyl sites for hydroxylation is 3. The lowest BCUT2D eigenvalue weighted by atomic mass is 9.85. The minimum Gasteiger partial charge on any atom is -0.387 e. The van der Waals surface area contributed by atoms with Crippen LogP contribution in [-0.2, 0) is 42.9 Å². The zero-order valence-electron chi connectivity index (χ0n) is 22.6. The van der Waals surface area contributed by atoms with E-state index < -0.39 is 67.0 Å². The Balaban J connectivity index is 1.73. The third-order valence-electron chi connectivity index (χ3n) is 6.66. The van der Waals surface area contributed by atoms with Crippen LogP contribution in [-0.4, -0.2) is 77.2 Å². The molecule has 0 aromatic heterocycles. The molecule has 3 N–H and O–H groups in total. The maximum Gasteiger partial charge on any atom is 0.297 e. The molecule has 42 heavy (non-hydrogen) atoms. The lowest BCUT2D eigenvalue weighted by Crippen LogP contribution is -2.66. The summed E-state index contributed by atoms with van der Waals surface area (Å²) in [6, 6.07) is 16.0. The van der Waals surface area contributed by atoms with Crippen LogP contribution in [0.15, 0.2) is 87.5 Å². The van der Waals surface area contributed by atoms with Crippen LogP contribution < -0.4 is 0 Å². The van der Waals surface area contributed by atoms with Gasteiger partial charge in [0.25, 0.3) is 30.4 Å². The van der Waals surface area contributed by atoms with Crippen LogP contribution in [0.3, 0.4) is 0 Å². The van der Waals surface area contributed by atoms with E-state index in [4.69, 9.17) is 12.5 Å². The van der Waals surface area contributed by atoms with E-state index in [0.717, 1.165) is 16.7 Å². The average Bonchev–Trinajstić information content (AvgIpc) is 2.92. The largest absolute Gasteiger partial charge is 0.387 e.